The van der Waals surface area contributed by atoms with Crippen LogP contribution in [0.3, 0.4) is 0 Å². The van der Waals surface area contributed by atoms with E-state index in [0.717, 1.165) is 5.39 Å². The summed E-state index contributed by atoms with van der Waals surface area (Å²) in [7, 11) is 0. The summed E-state index contributed by atoms with van der Waals surface area (Å²) in [4.78, 5) is 31.5. The number of nitrogens with zero attached hydrogens (tertiary/aromatic N) is 3. The molecule has 5 aromatic rings. The Bertz CT molecular complexity index is 1480. The third kappa shape index (κ3) is 5.62. The van der Waals surface area contributed by atoms with Gasteiger partial charge in [-0.15, -0.1) is 0 Å². The Labute approximate surface area is 213 Å². The Hall–Kier alpha value is -5.05. The molecule has 0 unspecified atom stereocenters. The number of hydrogen-bond donors (Lipinski definition) is 2. The normalized spacial score (nSPS) is 10.8. The maximum absolute atomic E-state index is 13.3. The second kappa shape index (κ2) is 10.7. The number of ether oxygens (including phenoxy) is 1. The van der Waals surface area contributed by atoms with E-state index >= 15 is 0 Å². The molecule has 0 aliphatic carbocycles. The fourth-order valence-corrected chi connectivity index (χ4v) is 3.83. The number of anilines is 2. The van der Waals surface area contributed by atoms with Crippen LogP contribution in [0.5, 0.6) is 5.75 Å². The first-order chi connectivity index (χ1) is 18.1. The van der Waals surface area contributed by atoms with Crippen LogP contribution in [0.2, 0.25) is 0 Å². The number of hydrogen-bond acceptors (Lipinski definition) is 6. The summed E-state index contributed by atoms with van der Waals surface area (Å²) in [6.45, 7) is 0.845. The van der Waals surface area contributed by atoms with E-state index in [1.165, 1.54) is 0 Å². The largest absolute Gasteiger partial charge is 0.492 e. The minimum Gasteiger partial charge on any atom is -0.492 e. The van der Waals surface area contributed by atoms with Crippen molar-refractivity contribution < 1.29 is 18.7 Å². The zero-order chi connectivity index (χ0) is 25.6. The summed E-state index contributed by atoms with van der Waals surface area (Å²) in [6, 6.07) is 23.1. The van der Waals surface area contributed by atoms with Crippen LogP contribution in [0.1, 0.15) is 20.9 Å². The van der Waals surface area contributed by atoms with Crippen molar-refractivity contribution in [2.75, 3.05) is 24.2 Å². The van der Waals surface area contributed by atoms with Gasteiger partial charge in [-0.2, -0.15) is 0 Å². The molecule has 0 atom stereocenters. The lowest BCUT2D eigenvalue weighted by Gasteiger charge is -2.22. The third-order valence-electron chi connectivity index (χ3n) is 5.77. The van der Waals surface area contributed by atoms with Gasteiger partial charge >= 0.3 is 0 Å². The molecule has 37 heavy (non-hydrogen) atoms. The fraction of sp³-hybridized carbons (Fsp3) is 0.107. The summed E-state index contributed by atoms with van der Waals surface area (Å²) in [5.41, 5.74) is 8.07. The Morgan fingerprint density at radius 1 is 1.03 bits per heavy atom. The van der Waals surface area contributed by atoms with Crippen LogP contribution in [0.25, 0.3) is 11.0 Å². The highest BCUT2D eigenvalue weighted by Crippen LogP contribution is 2.21. The maximum atomic E-state index is 13.3. The second-order valence-electron chi connectivity index (χ2n) is 8.35. The smallest absolute Gasteiger partial charge is 0.291 e. The Morgan fingerprint density at radius 2 is 1.81 bits per heavy atom. The van der Waals surface area contributed by atoms with Crippen LogP contribution in [0, 0.1) is 0 Å². The number of furan rings is 1. The summed E-state index contributed by atoms with van der Waals surface area (Å²) >= 11 is 0. The van der Waals surface area contributed by atoms with E-state index in [2.05, 4.69) is 10.3 Å². The summed E-state index contributed by atoms with van der Waals surface area (Å²) in [5, 5.41) is 3.66. The minimum atomic E-state index is -0.271. The van der Waals surface area contributed by atoms with Crippen molar-refractivity contribution in [3.8, 4) is 5.75 Å². The predicted molar refractivity (Wildman–Crippen MR) is 140 cm³/mol. The van der Waals surface area contributed by atoms with Crippen LogP contribution in [0.4, 0.5) is 11.4 Å². The topological polar surface area (TPSA) is 116 Å². The molecule has 0 aliphatic heterocycles. The van der Waals surface area contributed by atoms with E-state index in [-0.39, 0.29) is 24.2 Å². The first kappa shape index (κ1) is 23.7. The van der Waals surface area contributed by atoms with E-state index in [4.69, 9.17) is 14.9 Å². The van der Waals surface area contributed by atoms with Gasteiger partial charge in [0.2, 0.25) is 0 Å². The summed E-state index contributed by atoms with van der Waals surface area (Å²) in [5.74, 6) is 0.318. The van der Waals surface area contributed by atoms with Gasteiger partial charge in [-0.05, 0) is 48.5 Å². The van der Waals surface area contributed by atoms with E-state index in [0.29, 0.717) is 41.5 Å². The van der Waals surface area contributed by atoms with E-state index in [9.17, 15) is 9.59 Å². The third-order valence-corrected chi connectivity index (χ3v) is 5.77. The molecule has 9 heteroatoms. The first-order valence-electron chi connectivity index (χ1n) is 11.7. The molecule has 186 valence electrons. The average Bonchev–Trinajstić information content (AvgIpc) is 3.59. The van der Waals surface area contributed by atoms with E-state index < -0.39 is 0 Å². The van der Waals surface area contributed by atoms with Crippen molar-refractivity contribution in [2.45, 2.75) is 6.67 Å². The molecule has 9 nitrogen and oxygen atoms in total. The lowest BCUT2D eigenvalue weighted by Crippen LogP contribution is -2.35. The van der Waals surface area contributed by atoms with E-state index in [1.807, 2.05) is 24.3 Å². The molecule has 0 aliphatic rings. The number of para-hydroxylation sites is 3. The van der Waals surface area contributed by atoms with E-state index in [1.54, 1.807) is 82.8 Å². The number of imidazole rings is 1. The van der Waals surface area contributed by atoms with Crippen molar-refractivity contribution >= 4 is 34.2 Å². The number of fused-ring (bicyclic) bond motifs is 1. The van der Waals surface area contributed by atoms with Gasteiger partial charge in [0.1, 0.15) is 17.9 Å². The molecule has 0 radical (unpaired) electrons. The molecule has 5 rings (SSSR count). The number of nitrogens with one attached hydrogen (secondary N) is 1. The molecule has 0 fully saturated rings. The Kier molecular flexibility index (Phi) is 6.84. The summed E-state index contributed by atoms with van der Waals surface area (Å²) < 4.78 is 13.4. The van der Waals surface area contributed by atoms with Gasteiger partial charge in [-0.3, -0.25) is 9.59 Å². The van der Waals surface area contributed by atoms with Crippen molar-refractivity contribution in [3.63, 3.8) is 0 Å². The molecule has 3 N–H and O–H groups in total. The Balaban J connectivity index is 1.22. The molecular formula is C28H25N5O4. The molecular weight excluding hydrogens is 470 g/mol. The predicted octanol–water partition coefficient (Wildman–Crippen LogP) is 4.64. The lowest BCUT2D eigenvalue weighted by molar-refractivity contribution is 0.0642. The number of amides is 2. The molecule has 0 spiro atoms. The fourth-order valence-electron chi connectivity index (χ4n) is 3.83. The van der Waals surface area contributed by atoms with Crippen LogP contribution >= 0.6 is 0 Å². The van der Waals surface area contributed by atoms with Gasteiger partial charge in [0.15, 0.2) is 5.76 Å². The number of carbonyl (C=O) groups excluding carboxylic acids is 2. The molecule has 2 amide bonds. The SMILES string of the molecule is Nc1ccccc1NC(=O)c1ccc(OCCN(Cn2ccnc2)C(=O)c2cc3ccccc3o2)cc1. The lowest BCUT2D eigenvalue weighted by atomic mass is 10.2. The van der Waals surface area contributed by atoms with Crippen LogP contribution in [-0.2, 0) is 6.67 Å². The van der Waals surface area contributed by atoms with Gasteiger partial charge in [0.05, 0.1) is 30.9 Å². The highest BCUT2D eigenvalue weighted by atomic mass is 16.5. The number of nitrogen functional groups attached to an aromatic ring is 1. The average molecular weight is 496 g/mol. The monoisotopic (exact) mass is 495 g/mol. The molecule has 2 heterocycles. The van der Waals surface area contributed by atoms with Gasteiger partial charge in [-0.25, -0.2) is 4.98 Å². The van der Waals surface area contributed by atoms with Crippen molar-refractivity contribution in [1.29, 1.82) is 0 Å². The number of benzene rings is 3. The molecule has 0 saturated heterocycles. The van der Waals surface area contributed by atoms with Gasteiger partial charge in [0.25, 0.3) is 11.8 Å². The zero-order valence-electron chi connectivity index (χ0n) is 19.9. The van der Waals surface area contributed by atoms with Gasteiger partial charge < -0.3 is 29.7 Å². The minimum absolute atomic E-state index is 0.243. The standard InChI is InChI=1S/C28H25N5O4/c29-23-6-2-3-7-24(23)31-27(34)20-9-11-22(12-10-20)36-16-15-33(19-32-14-13-30-18-32)28(35)26-17-21-5-1-4-8-25(21)37-26/h1-14,17-18H,15-16,19,29H2,(H,31,34). The molecule has 0 saturated carbocycles. The van der Waals surface area contributed by atoms with Crippen LogP contribution in [-0.4, -0.2) is 39.4 Å². The van der Waals surface area contributed by atoms with Crippen LogP contribution in [0.15, 0.2) is 102 Å². The van der Waals surface area contributed by atoms with Crippen molar-refractivity contribution in [2.24, 2.45) is 0 Å². The first-order valence-corrected chi connectivity index (χ1v) is 11.7. The van der Waals surface area contributed by atoms with Gasteiger partial charge in [0, 0.05) is 23.3 Å². The number of rotatable bonds is 9. The molecule has 3 aromatic carbocycles. The van der Waals surface area contributed by atoms with Crippen molar-refractivity contribution in [1.82, 2.24) is 14.5 Å². The number of carbonyl (C=O) groups is 2. The highest BCUT2D eigenvalue weighted by Gasteiger charge is 2.20. The number of nitrogens with two attached hydrogens (primary N) is 1. The molecule has 2 aromatic heterocycles. The van der Waals surface area contributed by atoms with Crippen molar-refractivity contribution in [3.05, 3.63) is 109 Å². The zero-order valence-corrected chi connectivity index (χ0v) is 19.9. The quantitative estimate of drug-likeness (QED) is 0.288. The maximum Gasteiger partial charge on any atom is 0.291 e. The molecule has 0 bridgehead atoms. The summed E-state index contributed by atoms with van der Waals surface area (Å²) in [6.07, 6.45) is 5.09. The van der Waals surface area contributed by atoms with Crippen LogP contribution < -0.4 is 15.8 Å². The highest BCUT2D eigenvalue weighted by molar-refractivity contribution is 6.05. The van der Waals surface area contributed by atoms with Gasteiger partial charge in [-0.1, -0.05) is 30.3 Å². The number of aromatic nitrogens is 2. The Morgan fingerprint density at radius 3 is 2.57 bits per heavy atom. The second-order valence-corrected chi connectivity index (χ2v) is 8.35.